The summed E-state index contributed by atoms with van der Waals surface area (Å²) in [4.78, 5) is 13.9. The van der Waals surface area contributed by atoms with E-state index in [2.05, 4.69) is 43.5 Å². The predicted octanol–water partition coefficient (Wildman–Crippen LogP) is 1.53. The second-order valence-corrected chi connectivity index (χ2v) is 6.24. The fourth-order valence-electron chi connectivity index (χ4n) is 2.47. The molecule has 1 aliphatic heterocycles. The van der Waals surface area contributed by atoms with Gasteiger partial charge in [-0.3, -0.25) is 4.79 Å². The predicted molar refractivity (Wildman–Crippen MR) is 85.4 cm³/mol. The van der Waals surface area contributed by atoms with Crippen molar-refractivity contribution in [2.75, 3.05) is 40.3 Å². The number of carbonyl (C=O) groups is 1. The van der Waals surface area contributed by atoms with Crippen LogP contribution in [0.2, 0.25) is 0 Å². The van der Waals surface area contributed by atoms with Crippen LogP contribution in [0.15, 0.2) is 0 Å². The van der Waals surface area contributed by atoms with Crippen molar-refractivity contribution in [1.82, 2.24) is 15.5 Å². The van der Waals surface area contributed by atoms with Crippen molar-refractivity contribution >= 4 is 30.7 Å². The van der Waals surface area contributed by atoms with E-state index in [0.29, 0.717) is 12.3 Å². The second-order valence-electron chi connectivity index (χ2n) is 6.24. The van der Waals surface area contributed by atoms with E-state index in [1.807, 2.05) is 0 Å². The number of carbonyl (C=O) groups excluding carboxylic acids is 1. The third-order valence-electron chi connectivity index (χ3n) is 3.14. The van der Waals surface area contributed by atoms with Crippen LogP contribution in [0, 0.1) is 11.3 Å². The number of rotatable bonds is 6. The van der Waals surface area contributed by atoms with Gasteiger partial charge in [0.15, 0.2) is 0 Å². The van der Waals surface area contributed by atoms with Crippen molar-refractivity contribution in [3.63, 3.8) is 0 Å². The normalized spacial score (nSPS) is 18.7. The van der Waals surface area contributed by atoms with Gasteiger partial charge in [0.05, 0.1) is 0 Å². The quantitative estimate of drug-likeness (QED) is 0.781. The lowest BCUT2D eigenvalue weighted by Crippen LogP contribution is -2.40. The molecule has 1 rings (SSSR count). The highest BCUT2D eigenvalue weighted by atomic mass is 35.5. The average Bonchev–Trinajstić information content (AvgIpc) is 2.65. The fraction of sp³-hybridized carbons (Fsp3) is 0.923. The highest BCUT2D eigenvalue weighted by molar-refractivity contribution is 5.85. The summed E-state index contributed by atoms with van der Waals surface area (Å²) in [6, 6.07) is 0. The molecule has 116 valence electrons. The zero-order valence-electron chi connectivity index (χ0n) is 12.5. The molecular weight excluding hydrogens is 285 g/mol. The van der Waals surface area contributed by atoms with Gasteiger partial charge < -0.3 is 15.5 Å². The monoisotopic (exact) mass is 313 g/mol. The molecule has 0 aromatic carbocycles. The van der Waals surface area contributed by atoms with Crippen molar-refractivity contribution in [2.24, 2.45) is 11.3 Å². The Hall–Kier alpha value is -0.0300. The van der Waals surface area contributed by atoms with E-state index in [9.17, 15) is 4.79 Å². The summed E-state index contributed by atoms with van der Waals surface area (Å²) in [6.07, 6.45) is 1.81. The van der Waals surface area contributed by atoms with Crippen LogP contribution < -0.4 is 10.6 Å². The summed E-state index contributed by atoms with van der Waals surface area (Å²) in [5.41, 5.74) is 0.132. The SMILES string of the molecule is CN(C)CC(C)(C)CNC(=O)CC1CCNC1.Cl.Cl. The maximum atomic E-state index is 11.8. The Bertz CT molecular complexity index is 254. The van der Waals surface area contributed by atoms with Crippen LogP contribution in [-0.4, -0.2) is 51.1 Å². The van der Waals surface area contributed by atoms with Gasteiger partial charge in [0.2, 0.25) is 5.91 Å². The summed E-state index contributed by atoms with van der Waals surface area (Å²) in [6.45, 7) is 8.16. The Morgan fingerprint density at radius 2 is 2.00 bits per heavy atom. The van der Waals surface area contributed by atoms with E-state index in [1.165, 1.54) is 0 Å². The lowest BCUT2D eigenvalue weighted by molar-refractivity contribution is -0.122. The molecule has 1 heterocycles. The molecule has 0 aromatic rings. The maximum Gasteiger partial charge on any atom is 0.220 e. The topological polar surface area (TPSA) is 44.4 Å². The molecule has 1 fully saturated rings. The molecule has 1 atom stereocenters. The standard InChI is InChI=1S/C13H27N3O.2ClH/c1-13(2,10-16(3)4)9-15-12(17)7-11-5-6-14-8-11;;/h11,14H,5-10H2,1-4H3,(H,15,17);2*1H. The second kappa shape index (κ2) is 9.81. The smallest absolute Gasteiger partial charge is 0.220 e. The molecule has 19 heavy (non-hydrogen) atoms. The van der Waals surface area contributed by atoms with Crippen LogP contribution in [-0.2, 0) is 4.79 Å². The van der Waals surface area contributed by atoms with Crippen molar-refractivity contribution in [3.05, 3.63) is 0 Å². The lowest BCUT2D eigenvalue weighted by atomic mass is 9.92. The number of hydrogen-bond donors (Lipinski definition) is 2. The molecule has 2 N–H and O–H groups in total. The van der Waals surface area contributed by atoms with Gasteiger partial charge in [-0.1, -0.05) is 13.8 Å². The fourth-order valence-corrected chi connectivity index (χ4v) is 2.47. The minimum absolute atomic E-state index is 0. The molecule has 0 aromatic heterocycles. The third kappa shape index (κ3) is 9.50. The molecule has 0 saturated carbocycles. The van der Waals surface area contributed by atoms with Gasteiger partial charge in [-0.05, 0) is 44.9 Å². The largest absolute Gasteiger partial charge is 0.356 e. The molecular formula is C13H29Cl2N3O. The van der Waals surface area contributed by atoms with E-state index in [-0.39, 0.29) is 36.1 Å². The van der Waals surface area contributed by atoms with E-state index in [0.717, 1.165) is 32.6 Å². The van der Waals surface area contributed by atoms with Crippen LogP contribution in [0.5, 0.6) is 0 Å². The van der Waals surface area contributed by atoms with E-state index in [1.54, 1.807) is 0 Å². The Labute approximate surface area is 129 Å². The van der Waals surface area contributed by atoms with E-state index in [4.69, 9.17) is 0 Å². The average molecular weight is 314 g/mol. The Kier molecular flexibility index (Phi) is 11.0. The number of nitrogens with one attached hydrogen (secondary N) is 2. The Morgan fingerprint density at radius 3 is 2.47 bits per heavy atom. The molecule has 1 aliphatic rings. The maximum absolute atomic E-state index is 11.8. The molecule has 0 bridgehead atoms. The van der Waals surface area contributed by atoms with Gasteiger partial charge in [-0.2, -0.15) is 0 Å². The van der Waals surface area contributed by atoms with Crippen molar-refractivity contribution in [3.8, 4) is 0 Å². The number of amides is 1. The molecule has 0 aliphatic carbocycles. The molecule has 1 unspecified atom stereocenters. The van der Waals surface area contributed by atoms with Crippen molar-refractivity contribution in [1.29, 1.82) is 0 Å². The van der Waals surface area contributed by atoms with Crippen LogP contribution in [0.4, 0.5) is 0 Å². The van der Waals surface area contributed by atoms with Crippen LogP contribution >= 0.6 is 24.8 Å². The lowest BCUT2D eigenvalue weighted by Gasteiger charge is -2.28. The molecule has 0 radical (unpaired) electrons. The van der Waals surface area contributed by atoms with Gasteiger partial charge in [0, 0.05) is 19.5 Å². The summed E-state index contributed by atoms with van der Waals surface area (Å²) >= 11 is 0. The van der Waals surface area contributed by atoms with Crippen molar-refractivity contribution < 1.29 is 4.79 Å². The Balaban J connectivity index is 0. The highest BCUT2D eigenvalue weighted by Gasteiger charge is 2.22. The summed E-state index contributed by atoms with van der Waals surface area (Å²) in [5.74, 6) is 0.734. The minimum Gasteiger partial charge on any atom is -0.356 e. The summed E-state index contributed by atoms with van der Waals surface area (Å²) in [5, 5.41) is 6.35. The first kappa shape index (κ1) is 21.3. The molecule has 1 amide bonds. The van der Waals surface area contributed by atoms with Crippen LogP contribution in [0.1, 0.15) is 26.7 Å². The first-order chi connectivity index (χ1) is 7.89. The Morgan fingerprint density at radius 1 is 1.37 bits per heavy atom. The van der Waals surface area contributed by atoms with Crippen LogP contribution in [0.25, 0.3) is 0 Å². The zero-order chi connectivity index (χ0) is 12.9. The minimum atomic E-state index is 0. The third-order valence-corrected chi connectivity index (χ3v) is 3.14. The van der Waals surface area contributed by atoms with Gasteiger partial charge >= 0.3 is 0 Å². The number of nitrogens with zero attached hydrogens (tertiary/aromatic N) is 1. The zero-order valence-corrected chi connectivity index (χ0v) is 14.1. The van der Waals surface area contributed by atoms with Gasteiger partial charge in [0.25, 0.3) is 0 Å². The first-order valence-electron chi connectivity index (χ1n) is 6.51. The molecule has 6 heteroatoms. The van der Waals surface area contributed by atoms with Gasteiger partial charge in [-0.15, -0.1) is 24.8 Å². The summed E-state index contributed by atoms with van der Waals surface area (Å²) < 4.78 is 0. The van der Waals surface area contributed by atoms with Gasteiger partial charge in [-0.25, -0.2) is 0 Å². The number of hydrogen-bond acceptors (Lipinski definition) is 3. The van der Waals surface area contributed by atoms with Crippen LogP contribution in [0.3, 0.4) is 0 Å². The molecule has 0 spiro atoms. The van der Waals surface area contributed by atoms with E-state index < -0.39 is 0 Å². The summed E-state index contributed by atoms with van der Waals surface area (Å²) in [7, 11) is 4.13. The highest BCUT2D eigenvalue weighted by Crippen LogP contribution is 2.15. The molecule has 4 nitrogen and oxygen atoms in total. The molecule has 1 saturated heterocycles. The first-order valence-corrected chi connectivity index (χ1v) is 6.51. The van der Waals surface area contributed by atoms with E-state index >= 15 is 0 Å². The number of halogens is 2. The van der Waals surface area contributed by atoms with Crippen molar-refractivity contribution in [2.45, 2.75) is 26.7 Å². The van der Waals surface area contributed by atoms with Gasteiger partial charge in [0.1, 0.15) is 0 Å².